The lowest BCUT2D eigenvalue weighted by Gasteiger charge is -2.33. The minimum Gasteiger partial charge on any atom is -0.497 e. The van der Waals surface area contributed by atoms with E-state index < -0.39 is 10.5 Å². The van der Waals surface area contributed by atoms with Crippen LogP contribution in [0.25, 0.3) is 16.9 Å². The minimum atomic E-state index is -0.480. The first-order valence-electron chi connectivity index (χ1n) is 11.9. The van der Waals surface area contributed by atoms with Crippen LogP contribution in [0.3, 0.4) is 0 Å². The van der Waals surface area contributed by atoms with Crippen LogP contribution in [0.5, 0.6) is 5.75 Å². The molecule has 0 N–H and O–H groups in total. The van der Waals surface area contributed by atoms with Crippen LogP contribution in [-0.2, 0) is 4.74 Å². The Labute approximate surface area is 209 Å². The zero-order valence-electron chi connectivity index (χ0n) is 21.0. The number of nitro benzene ring substituents is 1. The van der Waals surface area contributed by atoms with Crippen LogP contribution in [0.2, 0.25) is 0 Å². The Morgan fingerprint density at radius 1 is 1.14 bits per heavy atom. The molecule has 1 aliphatic heterocycles. The van der Waals surface area contributed by atoms with Gasteiger partial charge in [-0.25, -0.2) is 0 Å². The summed E-state index contributed by atoms with van der Waals surface area (Å²) in [5.41, 5.74) is 1.95. The molecule has 2 heterocycles. The third-order valence-electron chi connectivity index (χ3n) is 6.67. The highest BCUT2D eigenvalue weighted by atomic mass is 16.6. The summed E-state index contributed by atoms with van der Waals surface area (Å²) < 4.78 is 12.0. The molecule has 0 bridgehead atoms. The number of hydrogen-bond donors (Lipinski definition) is 0. The molecule has 0 amide bonds. The van der Waals surface area contributed by atoms with E-state index in [1.54, 1.807) is 44.4 Å². The number of ether oxygens (including phenoxy) is 2. The lowest BCUT2D eigenvalue weighted by atomic mass is 10.1. The SMILES string of the molecule is CCN(C)c1cc(-c2cccc(OC)c2)nn(-c2cc(N3CCC(OC)CC3)ccc2[N+](=O)[O-])c1=O. The van der Waals surface area contributed by atoms with Crippen molar-refractivity contribution in [1.29, 1.82) is 0 Å². The number of rotatable bonds is 8. The van der Waals surface area contributed by atoms with E-state index in [4.69, 9.17) is 9.47 Å². The fourth-order valence-corrected chi connectivity index (χ4v) is 4.39. The number of nitrogens with zero attached hydrogens (tertiary/aromatic N) is 5. The van der Waals surface area contributed by atoms with E-state index in [1.165, 1.54) is 6.07 Å². The molecule has 1 aliphatic rings. The van der Waals surface area contributed by atoms with Gasteiger partial charge in [0.2, 0.25) is 0 Å². The van der Waals surface area contributed by atoms with Crippen molar-refractivity contribution in [1.82, 2.24) is 9.78 Å². The second kappa shape index (κ2) is 10.8. The van der Waals surface area contributed by atoms with Crippen LogP contribution < -0.4 is 20.1 Å². The van der Waals surface area contributed by atoms with E-state index in [2.05, 4.69) is 10.00 Å². The number of anilines is 2. The molecule has 0 radical (unpaired) electrons. The fraction of sp³-hybridized carbons (Fsp3) is 0.385. The third kappa shape index (κ3) is 5.03. The van der Waals surface area contributed by atoms with Gasteiger partial charge < -0.3 is 19.3 Å². The summed E-state index contributed by atoms with van der Waals surface area (Å²) in [5, 5.41) is 16.6. The maximum atomic E-state index is 13.6. The topological polar surface area (TPSA) is 103 Å². The van der Waals surface area contributed by atoms with Gasteiger partial charge in [0.1, 0.15) is 17.1 Å². The van der Waals surface area contributed by atoms with Gasteiger partial charge in [0.15, 0.2) is 0 Å². The molecule has 0 atom stereocenters. The number of hydrogen-bond acceptors (Lipinski definition) is 8. The van der Waals surface area contributed by atoms with Crippen molar-refractivity contribution in [3.8, 4) is 22.7 Å². The molecule has 0 spiro atoms. The van der Waals surface area contributed by atoms with Crippen molar-refractivity contribution in [2.24, 2.45) is 0 Å². The predicted molar refractivity (Wildman–Crippen MR) is 140 cm³/mol. The standard InChI is InChI=1S/C26H31N5O5/c1-5-28(2)25-17-22(18-7-6-8-21(15-18)36-4)27-30(26(25)32)24-16-19(9-10-23(24)31(33)34)29-13-11-20(35-3)12-14-29/h6-10,15-17,20H,5,11-14H2,1-4H3. The number of aromatic nitrogens is 2. The van der Waals surface area contributed by atoms with E-state index in [9.17, 15) is 14.9 Å². The third-order valence-corrected chi connectivity index (χ3v) is 6.67. The Bertz CT molecular complexity index is 1300. The number of piperidine rings is 1. The summed E-state index contributed by atoms with van der Waals surface area (Å²) in [7, 11) is 5.10. The highest BCUT2D eigenvalue weighted by Crippen LogP contribution is 2.31. The molecular weight excluding hydrogens is 462 g/mol. The minimum absolute atomic E-state index is 0.131. The molecule has 0 saturated carbocycles. The van der Waals surface area contributed by atoms with Crippen molar-refractivity contribution in [3.63, 3.8) is 0 Å². The van der Waals surface area contributed by atoms with Crippen molar-refractivity contribution in [2.45, 2.75) is 25.9 Å². The predicted octanol–water partition coefficient (Wildman–Crippen LogP) is 3.89. The van der Waals surface area contributed by atoms with Gasteiger partial charge in [-0.15, -0.1) is 0 Å². The van der Waals surface area contributed by atoms with Gasteiger partial charge in [0.05, 0.1) is 23.8 Å². The first kappa shape index (κ1) is 25.2. The first-order chi connectivity index (χ1) is 17.4. The molecule has 1 fully saturated rings. The van der Waals surface area contributed by atoms with Crippen LogP contribution in [0.4, 0.5) is 17.1 Å². The van der Waals surface area contributed by atoms with Crippen LogP contribution >= 0.6 is 0 Å². The lowest BCUT2D eigenvalue weighted by molar-refractivity contribution is -0.384. The molecule has 10 nitrogen and oxygen atoms in total. The van der Waals surface area contributed by atoms with Crippen molar-refractivity contribution < 1.29 is 14.4 Å². The first-order valence-corrected chi connectivity index (χ1v) is 11.9. The van der Waals surface area contributed by atoms with Gasteiger partial charge in [-0.3, -0.25) is 14.9 Å². The van der Waals surface area contributed by atoms with E-state index in [-0.39, 0.29) is 17.5 Å². The number of nitro groups is 1. The van der Waals surface area contributed by atoms with Gasteiger partial charge in [-0.2, -0.15) is 9.78 Å². The van der Waals surface area contributed by atoms with Crippen LogP contribution in [0.15, 0.2) is 53.3 Å². The second-order valence-electron chi connectivity index (χ2n) is 8.73. The Kier molecular flexibility index (Phi) is 7.54. The molecule has 2 aromatic carbocycles. The second-order valence-corrected chi connectivity index (χ2v) is 8.73. The number of methoxy groups -OCH3 is 2. The lowest BCUT2D eigenvalue weighted by Crippen LogP contribution is -2.36. The summed E-state index contributed by atoms with van der Waals surface area (Å²) >= 11 is 0. The highest BCUT2D eigenvalue weighted by Gasteiger charge is 2.25. The Morgan fingerprint density at radius 2 is 1.89 bits per heavy atom. The maximum Gasteiger partial charge on any atom is 0.295 e. The van der Waals surface area contributed by atoms with Gasteiger partial charge in [0, 0.05) is 51.1 Å². The van der Waals surface area contributed by atoms with Crippen LogP contribution in [-0.4, -0.2) is 61.7 Å². The molecule has 3 aromatic rings. The van der Waals surface area contributed by atoms with Gasteiger partial charge in [-0.05, 0) is 50.1 Å². The summed E-state index contributed by atoms with van der Waals surface area (Å²) in [6, 6.07) is 13.9. The molecule has 190 valence electrons. The molecule has 10 heteroatoms. The molecule has 36 heavy (non-hydrogen) atoms. The normalized spacial score (nSPS) is 14.1. The average Bonchev–Trinajstić information content (AvgIpc) is 2.92. The molecule has 1 saturated heterocycles. The fourth-order valence-electron chi connectivity index (χ4n) is 4.39. The summed E-state index contributed by atoms with van der Waals surface area (Å²) in [5.74, 6) is 0.643. The molecular formula is C26H31N5O5. The quantitative estimate of drug-likeness (QED) is 0.344. The monoisotopic (exact) mass is 493 g/mol. The van der Waals surface area contributed by atoms with Gasteiger partial charge >= 0.3 is 0 Å². The van der Waals surface area contributed by atoms with E-state index in [0.717, 1.165) is 41.9 Å². The van der Waals surface area contributed by atoms with E-state index in [1.807, 2.05) is 31.2 Å². The van der Waals surface area contributed by atoms with Crippen LogP contribution in [0.1, 0.15) is 19.8 Å². The Morgan fingerprint density at radius 3 is 2.53 bits per heavy atom. The largest absolute Gasteiger partial charge is 0.497 e. The summed E-state index contributed by atoms with van der Waals surface area (Å²) in [6.45, 7) is 4.02. The van der Waals surface area contributed by atoms with Crippen molar-refractivity contribution >= 4 is 17.1 Å². The Balaban J connectivity index is 1.89. The molecule has 4 rings (SSSR count). The maximum absolute atomic E-state index is 13.6. The molecule has 0 aliphatic carbocycles. The highest BCUT2D eigenvalue weighted by molar-refractivity contribution is 5.68. The van der Waals surface area contributed by atoms with Crippen molar-refractivity contribution in [2.75, 3.05) is 50.7 Å². The zero-order valence-corrected chi connectivity index (χ0v) is 21.0. The average molecular weight is 494 g/mol. The van der Waals surface area contributed by atoms with Gasteiger partial charge in [0.25, 0.3) is 11.2 Å². The molecule has 1 aromatic heterocycles. The van der Waals surface area contributed by atoms with Crippen LogP contribution in [0, 0.1) is 10.1 Å². The van der Waals surface area contributed by atoms with Crippen molar-refractivity contribution in [3.05, 3.63) is 69.0 Å². The smallest absolute Gasteiger partial charge is 0.295 e. The molecule has 0 unspecified atom stereocenters. The van der Waals surface area contributed by atoms with E-state index >= 15 is 0 Å². The zero-order chi connectivity index (χ0) is 25.8. The van der Waals surface area contributed by atoms with E-state index in [0.29, 0.717) is 23.7 Å². The Hall–Kier alpha value is -3.92. The number of benzene rings is 2. The summed E-state index contributed by atoms with van der Waals surface area (Å²) in [6.07, 6.45) is 1.92. The summed E-state index contributed by atoms with van der Waals surface area (Å²) in [4.78, 5) is 29.1. The van der Waals surface area contributed by atoms with Gasteiger partial charge in [-0.1, -0.05) is 12.1 Å².